The van der Waals surface area contributed by atoms with Crippen molar-refractivity contribution in [3.05, 3.63) is 83.9 Å². The molecule has 2 N–H and O–H groups in total. The molecule has 5 heteroatoms. The number of hydrogen-bond acceptors (Lipinski definition) is 4. The van der Waals surface area contributed by atoms with E-state index in [9.17, 15) is 4.39 Å². The van der Waals surface area contributed by atoms with Crippen LogP contribution < -0.4 is 5.73 Å². The molecule has 2 heterocycles. The van der Waals surface area contributed by atoms with E-state index in [1.807, 2.05) is 48.5 Å². The third-order valence-corrected chi connectivity index (χ3v) is 4.21. The van der Waals surface area contributed by atoms with Gasteiger partial charge in [0.25, 0.3) is 0 Å². The molecule has 0 fully saturated rings. The number of fused-ring (bicyclic) bond motifs is 1. The van der Waals surface area contributed by atoms with E-state index in [0.29, 0.717) is 6.42 Å². The van der Waals surface area contributed by atoms with Crippen LogP contribution in [0, 0.1) is 5.82 Å². The average Bonchev–Trinajstić information content (AvgIpc) is 3.07. The molecule has 0 amide bonds. The molecule has 2 aromatic heterocycles. The molecule has 4 aromatic rings. The Morgan fingerprint density at radius 3 is 2.64 bits per heavy atom. The Morgan fingerprint density at radius 1 is 1.00 bits per heavy atom. The van der Waals surface area contributed by atoms with E-state index < -0.39 is 0 Å². The highest BCUT2D eigenvalue weighted by atomic mass is 19.1. The topological polar surface area (TPSA) is 64.9 Å². The summed E-state index contributed by atoms with van der Waals surface area (Å²) >= 11 is 0. The van der Waals surface area contributed by atoms with Crippen LogP contribution in [0.15, 0.2) is 71.4 Å². The monoisotopic (exact) mass is 333 g/mol. The van der Waals surface area contributed by atoms with Crippen LogP contribution in [0.1, 0.15) is 17.3 Å². The second kappa shape index (κ2) is 6.45. The van der Waals surface area contributed by atoms with Crippen molar-refractivity contribution < 1.29 is 8.91 Å². The lowest BCUT2D eigenvalue weighted by Crippen LogP contribution is -2.15. The van der Waals surface area contributed by atoms with Crippen molar-refractivity contribution in [2.75, 3.05) is 0 Å². The van der Waals surface area contributed by atoms with Crippen molar-refractivity contribution in [2.24, 2.45) is 5.73 Å². The van der Waals surface area contributed by atoms with Crippen LogP contribution >= 0.6 is 0 Å². The molecule has 4 nitrogen and oxygen atoms in total. The number of pyridine rings is 1. The van der Waals surface area contributed by atoms with Gasteiger partial charge in [0.2, 0.25) is 0 Å². The minimum absolute atomic E-state index is 0.287. The van der Waals surface area contributed by atoms with Gasteiger partial charge in [0.1, 0.15) is 11.5 Å². The lowest BCUT2D eigenvalue weighted by Gasteiger charge is -2.15. The molecule has 0 saturated heterocycles. The highest BCUT2D eigenvalue weighted by molar-refractivity contribution is 5.92. The zero-order valence-electron chi connectivity index (χ0n) is 13.4. The van der Waals surface area contributed by atoms with Crippen LogP contribution in [-0.2, 0) is 6.42 Å². The van der Waals surface area contributed by atoms with E-state index in [-0.39, 0.29) is 11.9 Å². The fraction of sp³-hybridized carbons (Fsp3) is 0.100. The zero-order valence-corrected chi connectivity index (χ0v) is 13.4. The Labute approximate surface area is 144 Å². The summed E-state index contributed by atoms with van der Waals surface area (Å²) in [6.45, 7) is 0. The molecule has 2 aromatic carbocycles. The molecule has 1 atom stereocenters. The van der Waals surface area contributed by atoms with Gasteiger partial charge in [-0.2, -0.15) is 0 Å². The Bertz CT molecular complexity index is 1010. The zero-order chi connectivity index (χ0) is 17.2. The maximum absolute atomic E-state index is 13.0. The first kappa shape index (κ1) is 15.5. The molecule has 0 bridgehead atoms. The molecule has 124 valence electrons. The molecule has 25 heavy (non-hydrogen) atoms. The highest BCUT2D eigenvalue weighted by Gasteiger charge is 2.17. The first-order chi connectivity index (χ1) is 12.2. The maximum atomic E-state index is 13.0. The molecule has 4 rings (SSSR count). The second-order valence-corrected chi connectivity index (χ2v) is 5.89. The van der Waals surface area contributed by atoms with Crippen LogP contribution in [0.4, 0.5) is 4.39 Å². The van der Waals surface area contributed by atoms with Gasteiger partial charge in [-0.1, -0.05) is 41.6 Å². The van der Waals surface area contributed by atoms with E-state index in [4.69, 9.17) is 10.3 Å². The molecular formula is C20H16FN3O. The van der Waals surface area contributed by atoms with Gasteiger partial charge in [-0.25, -0.2) is 4.39 Å². The number of para-hydroxylation sites is 1. The molecule has 0 aliphatic rings. The van der Waals surface area contributed by atoms with Gasteiger partial charge in [-0.15, -0.1) is 0 Å². The number of nitrogens with zero attached hydrogens (tertiary/aromatic N) is 2. The van der Waals surface area contributed by atoms with Gasteiger partial charge in [-0.05, 0) is 29.8 Å². The van der Waals surface area contributed by atoms with Gasteiger partial charge in [0, 0.05) is 29.1 Å². The summed E-state index contributed by atoms with van der Waals surface area (Å²) in [5.41, 5.74) is 10.6. The van der Waals surface area contributed by atoms with E-state index in [2.05, 4.69) is 10.1 Å². The summed E-state index contributed by atoms with van der Waals surface area (Å²) in [6.07, 6.45) is 1.71. The maximum Gasteiger partial charge on any atom is 0.167 e. The third-order valence-electron chi connectivity index (χ3n) is 4.21. The summed E-state index contributed by atoms with van der Waals surface area (Å²) in [6, 6.07) is 18.3. The van der Waals surface area contributed by atoms with Crippen molar-refractivity contribution in [3.8, 4) is 11.3 Å². The number of aromatic nitrogens is 2. The number of benzene rings is 2. The Kier molecular flexibility index (Phi) is 3.99. The summed E-state index contributed by atoms with van der Waals surface area (Å²) < 4.78 is 18.5. The SMILES string of the molecule is N[C@@H](Cc1ccc(F)cn1)c1ccccc1-c1noc2ccccc12. The van der Waals surface area contributed by atoms with Crippen LogP contribution in [0.5, 0.6) is 0 Å². The van der Waals surface area contributed by atoms with Crippen LogP contribution in [-0.4, -0.2) is 10.1 Å². The van der Waals surface area contributed by atoms with Crippen molar-refractivity contribution in [1.82, 2.24) is 10.1 Å². The quantitative estimate of drug-likeness (QED) is 0.606. The number of halogens is 1. The summed E-state index contributed by atoms with van der Waals surface area (Å²) in [5.74, 6) is -0.355. The average molecular weight is 333 g/mol. The minimum atomic E-state index is -0.355. The smallest absolute Gasteiger partial charge is 0.167 e. The summed E-state index contributed by atoms with van der Waals surface area (Å²) in [7, 11) is 0. The Balaban J connectivity index is 1.72. The molecular weight excluding hydrogens is 317 g/mol. The van der Waals surface area contributed by atoms with E-state index in [0.717, 1.165) is 33.5 Å². The minimum Gasteiger partial charge on any atom is -0.356 e. The third kappa shape index (κ3) is 3.02. The lowest BCUT2D eigenvalue weighted by atomic mass is 9.94. The van der Waals surface area contributed by atoms with Gasteiger partial charge in [0.15, 0.2) is 5.58 Å². The standard InChI is InChI=1S/C20H16FN3O/c21-13-9-10-14(23-12-13)11-18(22)15-5-1-2-6-16(15)20-17-7-3-4-8-19(17)25-24-20/h1-10,12,18H,11,22H2/t18-/m0/s1. The molecule has 0 aliphatic carbocycles. The summed E-state index contributed by atoms with van der Waals surface area (Å²) in [4.78, 5) is 4.10. The molecule has 0 unspecified atom stereocenters. The Morgan fingerprint density at radius 2 is 1.80 bits per heavy atom. The molecule has 0 aliphatic heterocycles. The largest absolute Gasteiger partial charge is 0.356 e. The molecule has 0 radical (unpaired) electrons. The van der Waals surface area contributed by atoms with Gasteiger partial charge in [-0.3, -0.25) is 4.98 Å². The predicted molar refractivity (Wildman–Crippen MR) is 94.3 cm³/mol. The first-order valence-electron chi connectivity index (χ1n) is 8.02. The first-order valence-corrected chi connectivity index (χ1v) is 8.02. The van der Waals surface area contributed by atoms with Gasteiger partial charge >= 0.3 is 0 Å². The van der Waals surface area contributed by atoms with Crippen molar-refractivity contribution in [2.45, 2.75) is 12.5 Å². The fourth-order valence-corrected chi connectivity index (χ4v) is 2.98. The van der Waals surface area contributed by atoms with E-state index >= 15 is 0 Å². The lowest BCUT2D eigenvalue weighted by molar-refractivity contribution is 0.459. The van der Waals surface area contributed by atoms with Crippen LogP contribution in [0.2, 0.25) is 0 Å². The summed E-state index contributed by atoms with van der Waals surface area (Å²) in [5, 5.41) is 5.18. The molecule has 0 saturated carbocycles. The number of nitrogens with two attached hydrogens (primary N) is 1. The molecule has 0 spiro atoms. The van der Waals surface area contributed by atoms with Crippen LogP contribution in [0.25, 0.3) is 22.2 Å². The van der Waals surface area contributed by atoms with E-state index in [1.165, 1.54) is 12.3 Å². The predicted octanol–water partition coefficient (Wildman–Crippen LogP) is 4.27. The number of rotatable bonds is 4. The normalized spacial score (nSPS) is 12.4. The highest BCUT2D eigenvalue weighted by Crippen LogP contribution is 2.33. The fourth-order valence-electron chi connectivity index (χ4n) is 2.98. The Hall–Kier alpha value is -3.05. The van der Waals surface area contributed by atoms with Crippen molar-refractivity contribution in [1.29, 1.82) is 0 Å². The van der Waals surface area contributed by atoms with Crippen molar-refractivity contribution >= 4 is 11.0 Å². The van der Waals surface area contributed by atoms with Gasteiger partial charge in [0.05, 0.1) is 6.20 Å². The van der Waals surface area contributed by atoms with E-state index in [1.54, 1.807) is 6.07 Å². The van der Waals surface area contributed by atoms with Crippen molar-refractivity contribution in [3.63, 3.8) is 0 Å². The number of hydrogen-bond donors (Lipinski definition) is 1. The van der Waals surface area contributed by atoms with Crippen LogP contribution in [0.3, 0.4) is 0 Å². The second-order valence-electron chi connectivity index (χ2n) is 5.89. The van der Waals surface area contributed by atoms with Gasteiger partial charge < -0.3 is 10.3 Å².